The molecule has 0 saturated heterocycles. The van der Waals surface area contributed by atoms with Crippen LogP contribution < -0.4 is 0 Å². The van der Waals surface area contributed by atoms with Crippen molar-refractivity contribution in [2.75, 3.05) is 0 Å². The lowest BCUT2D eigenvalue weighted by Gasteiger charge is -2.62. The summed E-state index contributed by atoms with van der Waals surface area (Å²) in [6.07, 6.45) is 13.0. The summed E-state index contributed by atoms with van der Waals surface area (Å²) >= 11 is 0. The van der Waals surface area contributed by atoms with Crippen molar-refractivity contribution >= 4 is 5.97 Å². The number of carboxylic acids is 1. The van der Waals surface area contributed by atoms with Crippen LogP contribution in [0.5, 0.6) is 0 Å². The number of carbonyl (C=O) groups is 1. The first-order chi connectivity index (χ1) is 15.3. The second-order valence-electron chi connectivity index (χ2n) is 13.0. The number of carboxylic acid groups (broad SMARTS) is 1. The normalized spacial score (nSPS) is 41.1. The van der Waals surface area contributed by atoms with Crippen molar-refractivity contribution in [2.45, 2.75) is 106 Å². The topological polar surface area (TPSA) is 57.5 Å². The highest BCUT2D eigenvalue weighted by molar-refractivity contribution is 5.85. The highest BCUT2D eigenvalue weighted by Crippen LogP contribution is 2.69. The molecular weight excluding hydrogens is 408 g/mol. The van der Waals surface area contributed by atoms with Crippen molar-refractivity contribution in [3.8, 4) is 0 Å². The molecule has 3 nitrogen and oxygen atoms in total. The fraction of sp³-hybridized carbons (Fsp3) is 0.767. The van der Waals surface area contributed by atoms with Gasteiger partial charge in [0.05, 0.1) is 6.10 Å². The van der Waals surface area contributed by atoms with Crippen LogP contribution in [0.1, 0.15) is 99.8 Å². The van der Waals surface area contributed by atoms with Gasteiger partial charge in [0.25, 0.3) is 0 Å². The van der Waals surface area contributed by atoms with E-state index in [0.717, 1.165) is 32.1 Å². The molecule has 0 radical (unpaired) electrons. The van der Waals surface area contributed by atoms with Gasteiger partial charge in [0.15, 0.2) is 0 Å². The van der Waals surface area contributed by atoms with E-state index in [1.807, 2.05) is 6.08 Å². The van der Waals surface area contributed by atoms with Gasteiger partial charge >= 0.3 is 5.97 Å². The molecule has 2 saturated carbocycles. The average Bonchev–Trinajstić information content (AvgIpc) is 3.11. The Morgan fingerprint density at radius 1 is 1.24 bits per heavy atom. The molecule has 0 unspecified atom stereocenters. The molecule has 2 N–H and O–H groups in total. The van der Waals surface area contributed by atoms with Crippen LogP contribution in [0.4, 0.5) is 0 Å². The Hall–Kier alpha value is -1.35. The van der Waals surface area contributed by atoms with Crippen LogP contribution in [0.15, 0.2) is 34.4 Å². The van der Waals surface area contributed by atoms with Crippen molar-refractivity contribution in [1.82, 2.24) is 0 Å². The third-order valence-electron chi connectivity index (χ3n) is 10.8. The van der Waals surface area contributed by atoms with Crippen molar-refractivity contribution in [2.24, 2.45) is 39.9 Å². The van der Waals surface area contributed by atoms with Gasteiger partial charge in [0, 0.05) is 11.0 Å². The number of hydrogen-bond donors (Lipinski definition) is 2. The standard InChI is InChI=1S/C30H46O3/c1-18(9-8-10-19(2)27(32)33)21-13-15-30(7)22-11-12-24-28(4,5)25(31)14-16-29(24,6)23(22)17-20(3)26(21)30/h10-11,18,20,23-25,31H,8-9,12-17H2,1-7H3,(H,32,33)/t18-,20-,23-,24+,25-,29-,30+/m1/s1. The van der Waals surface area contributed by atoms with Crippen LogP contribution in [-0.2, 0) is 4.79 Å². The first-order valence-corrected chi connectivity index (χ1v) is 13.4. The van der Waals surface area contributed by atoms with Gasteiger partial charge in [-0.1, -0.05) is 70.4 Å². The maximum absolute atomic E-state index is 11.1. The van der Waals surface area contributed by atoms with Gasteiger partial charge in [-0.3, -0.25) is 0 Å². The minimum absolute atomic E-state index is 0.0216. The van der Waals surface area contributed by atoms with E-state index >= 15 is 0 Å². The van der Waals surface area contributed by atoms with E-state index in [-0.39, 0.29) is 22.3 Å². The van der Waals surface area contributed by atoms with Crippen LogP contribution in [0, 0.1) is 39.9 Å². The zero-order valence-corrected chi connectivity index (χ0v) is 22.0. The molecule has 0 aromatic carbocycles. The summed E-state index contributed by atoms with van der Waals surface area (Å²) in [5.74, 6) is 1.48. The number of allylic oxidation sites excluding steroid dienone is 5. The molecular formula is C30H46O3. The van der Waals surface area contributed by atoms with E-state index in [4.69, 9.17) is 5.11 Å². The van der Waals surface area contributed by atoms with Gasteiger partial charge < -0.3 is 10.2 Å². The molecule has 184 valence electrons. The lowest BCUT2D eigenvalue weighted by atomic mass is 9.43. The van der Waals surface area contributed by atoms with Crippen molar-refractivity contribution in [3.63, 3.8) is 0 Å². The summed E-state index contributed by atoms with van der Waals surface area (Å²) in [5, 5.41) is 19.9. The van der Waals surface area contributed by atoms with Gasteiger partial charge in [-0.2, -0.15) is 0 Å². The molecule has 4 rings (SSSR count). The lowest BCUT2D eigenvalue weighted by Crippen LogP contribution is -2.56. The van der Waals surface area contributed by atoms with Gasteiger partial charge in [-0.05, 0) is 92.8 Å². The monoisotopic (exact) mass is 454 g/mol. The van der Waals surface area contributed by atoms with E-state index < -0.39 is 5.97 Å². The van der Waals surface area contributed by atoms with Crippen molar-refractivity contribution in [1.29, 1.82) is 0 Å². The van der Waals surface area contributed by atoms with E-state index in [9.17, 15) is 9.90 Å². The van der Waals surface area contributed by atoms with Gasteiger partial charge in [0.1, 0.15) is 0 Å². The first kappa shape index (κ1) is 24.8. The first-order valence-electron chi connectivity index (χ1n) is 13.4. The molecule has 4 aliphatic rings. The molecule has 0 aliphatic heterocycles. The molecule has 2 fully saturated rings. The second kappa shape index (κ2) is 8.40. The van der Waals surface area contributed by atoms with E-state index in [0.29, 0.717) is 29.2 Å². The summed E-state index contributed by atoms with van der Waals surface area (Å²) in [4.78, 5) is 11.1. The summed E-state index contributed by atoms with van der Waals surface area (Å²) in [6.45, 7) is 16.2. The largest absolute Gasteiger partial charge is 0.478 e. The summed E-state index contributed by atoms with van der Waals surface area (Å²) in [6, 6.07) is 0. The predicted octanol–water partition coefficient (Wildman–Crippen LogP) is 7.32. The number of aliphatic hydroxyl groups excluding tert-OH is 1. The molecule has 0 aromatic rings. The fourth-order valence-corrected chi connectivity index (χ4v) is 8.78. The Morgan fingerprint density at radius 3 is 2.61 bits per heavy atom. The van der Waals surface area contributed by atoms with Gasteiger partial charge in [-0.25, -0.2) is 4.79 Å². The lowest BCUT2D eigenvalue weighted by molar-refractivity contribution is -0.132. The molecule has 0 spiro atoms. The average molecular weight is 455 g/mol. The van der Waals surface area contributed by atoms with Gasteiger partial charge in [0.2, 0.25) is 0 Å². The fourth-order valence-electron chi connectivity index (χ4n) is 8.78. The Balaban J connectivity index is 1.64. The van der Waals surface area contributed by atoms with Crippen LogP contribution in [0.25, 0.3) is 0 Å². The molecule has 4 aliphatic carbocycles. The number of aliphatic hydroxyl groups is 1. The van der Waals surface area contributed by atoms with Crippen LogP contribution in [0.3, 0.4) is 0 Å². The summed E-state index contributed by atoms with van der Waals surface area (Å²) in [7, 11) is 0. The van der Waals surface area contributed by atoms with Crippen molar-refractivity contribution in [3.05, 3.63) is 34.4 Å². The zero-order chi connectivity index (χ0) is 24.3. The Kier molecular flexibility index (Phi) is 6.30. The maximum atomic E-state index is 11.1. The Labute approximate surface area is 201 Å². The number of fused-ring (bicyclic) bond motifs is 5. The quantitative estimate of drug-likeness (QED) is 0.338. The SMILES string of the molecule is CC(=CCC[C@@H](C)C1=C2[C@H](C)C[C@@H]3C(=CC[C@H]4C(C)(C)[C@H](O)CC[C@]34C)[C@]2(C)CC1)C(=O)O. The zero-order valence-electron chi connectivity index (χ0n) is 22.0. The molecule has 3 heteroatoms. The summed E-state index contributed by atoms with van der Waals surface area (Å²) in [5.41, 5.74) is 6.00. The van der Waals surface area contributed by atoms with Crippen LogP contribution in [-0.4, -0.2) is 22.3 Å². The summed E-state index contributed by atoms with van der Waals surface area (Å²) < 4.78 is 0. The Morgan fingerprint density at radius 2 is 1.94 bits per heavy atom. The van der Waals surface area contributed by atoms with Crippen LogP contribution >= 0.6 is 0 Å². The van der Waals surface area contributed by atoms with E-state index in [2.05, 4.69) is 47.6 Å². The maximum Gasteiger partial charge on any atom is 0.330 e. The van der Waals surface area contributed by atoms with Crippen LogP contribution in [0.2, 0.25) is 0 Å². The van der Waals surface area contributed by atoms with E-state index in [1.54, 1.807) is 23.6 Å². The molecule has 33 heavy (non-hydrogen) atoms. The number of aliphatic carboxylic acids is 1. The molecule has 0 heterocycles. The Bertz CT molecular complexity index is 906. The van der Waals surface area contributed by atoms with Crippen molar-refractivity contribution < 1.29 is 15.0 Å². The third kappa shape index (κ3) is 3.77. The van der Waals surface area contributed by atoms with E-state index in [1.165, 1.54) is 19.3 Å². The molecule has 0 amide bonds. The highest BCUT2D eigenvalue weighted by atomic mass is 16.4. The molecule has 0 aromatic heterocycles. The second-order valence-corrected chi connectivity index (χ2v) is 13.0. The predicted molar refractivity (Wildman–Crippen MR) is 135 cm³/mol. The smallest absolute Gasteiger partial charge is 0.330 e. The minimum Gasteiger partial charge on any atom is -0.478 e. The molecule has 7 atom stereocenters. The molecule has 0 bridgehead atoms. The minimum atomic E-state index is -0.806. The highest BCUT2D eigenvalue weighted by Gasteiger charge is 2.60. The number of rotatable bonds is 5. The van der Waals surface area contributed by atoms with Gasteiger partial charge in [-0.15, -0.1) is 0 Å². The third-order valence-corrected chi connectivity index (χ3v) is 10.8. The number of hydrogen-bond acceptors (Lipinski definition) is 2.